The fraction of sp³-hybridized carbons (Fsp3) is 0.857. The van der Waals surface area contributed by atoms with Crippen LogP contribution >= 0.6 is 0 Å². The van der Waals surface area contributed by atoms with Gasteiger partial charge < -0.3 is 15.3 Å². The SMILES string of the molecule is CCCCC(NC(=O)N1CCN(CCC)CC1)C(=O)O. The van der Waals surface area contributed by atoms with Crippen LogP contribution in [0.25, 0.3) is 0 Å². The predicted molar refractivity (Wildman–Crippen MR) is 77.8 cm³/mol. The quantitative estimate of drug-likeness (QED) is 0.741. The van der Waals surface area contributed by atoms with Crippen molar-refractivity contribution in [1.82, 2.24) is 15.1 Å². The van der Waals surface area contributed by atoms with E-state index in [-0.39, 0.29) is 6.03 Å². The average Bonchev–Trinajstić information content (AvgIpc) is 2.44. The summed E-state index contributed by atoms with van der Waals surface area (Å²) in [5, 5.41) is 11.8. The number of amides is 2. The van der Waals surface area contributed by atoms with Crippen molar-refractivity contribution in [3.63, 3.8) is 0 Å². The first-order valence-corrected chi connectivity index (χ1v) is 7.59. The van der Waals surface area contributed by atoms with Crippen LogP contribution < -0.4 is 5.32 Å². The summed E-state index contributed by atoms with van der Waals surface area (Å²) in [6.45, 7) is 8.29. The monoisotopic (exact) mass is 285 g/mol. The van der Waals surface area contributed by atoms with E-state index in [1.54, 1.807) is 4.90 Å². The predicted octanol–water partition coefficient (Wildman–Crippen LogP) is 1.37. The summed E-state index contributed by atoms with van der Waals surface area (Å²) in [7, 11) is 0. The zero-order chi connectivity index (χ0) is 15.0. The van der Waals surface area contributed by atoms with Crippen LogP contribution in [0.4, 0.5) is 4.79 Å². The second-order valence-electron chi connectivity index (χ2n) is 5.31. The van der Waals surface area contributed by atoms with Gasteiger partial charge in [-0.2, -0.15) is 0 Å². The topological polar surface area (TPSA) is 72.9 Å². The molecule has 1 aliphatic heterocycles. The van der Waals surface area contributed by atoms with E-state index in [0.29, 0.717) is 19.5 Å². The zero-order valence-electron chi connectivity index (χ0n) is 12.6. The van der Waals surface area contributed by atoms with Crippen LogP contribution in [0.1, 0.15) is 39.5 Å². The van der Waals surface area contributed by atoms with Gasteiger partial charge in [-0.05, 0) is 19.4 Å². The Labute approximate surface area is 121 Å². The average molecular weight is 285 g/mol. The fourth-order valence-corrected chi connectivity index (χ4v) is 2.40. The van der Waals surface area contributed by atoms with Crippen LogP contribution in [-0.2, 0) is 4.79 Å². The molecule has 1 heterocycles. The number of nitrogens with one attached hydrogen (secondary N) is 1. The normalized spacial score (nSPS) is 17.8. The lowest BCUT2D eigenvalue weighted by molar-refractivity contribution is -0.139. The Morgan fingerprint density at radius 1 is 1.15 bits per heavy atom. The number of nitrogens with zero attached hydrogens (tertiary/aromatic N) is 2. The van der Waals surface area contributed by atoms with E-state index in [4.69, 9.17) is 5.11 Å². The molecule has 1 unspecified atom stereocenters. The third-order valence-corrected chi connectivity index (χ3v) is 3.64. The number of piperazine rings is 1. The Morgan fingerprint density at radius 3 is 2.30 bits per heavy atom. The van der Waals surface area contributed by atoms with Gasteiger partial charge >= 0.3 is 12.0 Å². The molecule has 2 amide bonds. The number of urea groups is 1. The van der Waals surface area contributed by atoms with Gasteiger partial charge in [0.1, 0.15) is 6.04 Å². The van der Waals surface area contributed by atoms with Gasteiger partial charge in [0.15, 0.2) is 0 Å². The summed E-state index contributed by atoms with van der Waals surface area (Å²) in [6.07, 6.45) is 3.34. The lowest BCUT2D eigenvalue weighted by atomic mass is 10.1. The number of aliphatic carboxylic acids is 1. The summed E-state index contributed by atoms with van der Waals surface area (Å²) in [6, 6.07) is -1.01. The van der Waals surface area contributed by atoms with E-state index in [9.17, 15) is 9.59 Å². The third kappa shape index (κ3) is 5.36. The maximum atomic E-state index is 12.1. The Bertz CT molecular complexity index is 315. The fourth-order valence-electron chi connectivity index (χ4n) is 2.40. The molecule has 0 spiro atoms. The van der Waals surface area contributed by atoms with Crippen LogP contribution in [0.5, 0.6) is 0 Å². The molecule has 6 nitrogen and oxygen atoms in total. The molecule has 1 atom stereocenters. The lowest BCUT2D eigenvalue weighted by Crippen LogP contribution is -2.54. The molecule has 0 saturated carbocycles. The Morgan fingerprint density at radius 2 is 1.80 bits per heavy atom. The van der Waals surface area contributed by atoms with Crippen LogP contribution in [0.15, 0.2) is 0 Å². The lowest BCUT2D eigenvalue weighted by Gasteiger charge is -2.35. The molecule has 1 saturated heterocycles. The van der Waals surface area contributed by atoms with Crippen molar-refractivity contribution in [3.05, 3.63) is 0 Å². The van der Waals surface area contributed by atoms with Gasteiger partial charge in [-0.3, -0.25) is 4.90 Å². The Balaban J connectivity index is 2.39. The number of carbonyl (C=O) groups excluding carboxylic acids is 1. The first kappa shape index (κ1) is 16.8. The van der Waals surface area contributed by atoms with Crippen molar-refractivity contribution in [3.8, 4) is 0 Å². The van der Waals surface area contributed by atoms with Gasteiger partial charge in [0.05, 0.1) is 0 Å². The third-order valence-electron chi connectivity index (χ3n) is 3.64. The van der Waals surface area contributed by atoms with Gasteiger partial charge in [0, 0.05) is 26.2 Å². The van der Waals surface area contributed by atoms with E-state index in [1.807, 2.05) is 6.92 Å². The molecule has 1 rings (SSSR count). The molecule has 0 radical (unpaired) electrons. The molecule has 0 aliphatic carbocycles. The van der Waals surface area contributed by atoms with E-state index in [1.165, 1.54) is 0 Å². The molecule has 0 aromatic heterocycles. The molecular formula is C14H27N3O3. The highest BCUT2D eigenvalue weighted by Crippen LogP contribution is 2.05. The largest absolute Gasteiger partial charge is 0.480 e. The summed E-state index contributed by atoms with van der Waals surface area (Å²) in [5.41, 5.74) is 0. The Hall–Kier alpha value is -1.30. The molecule has 116 valence electrons. The number of rotatable bonds is 7. The molecule has 1 fully saturated rings. The summed E-state index contributed by atoms with van der Waals surface area (Å²) >= 11 is 0. The molecule has 1 aliphatic rings. The molecule has 2 N–H and O–H groups in total. The highest BCUT2D eigenvalue weighted by atomic mass is 16.4. The smallest absolute Gasteiger partial charge is 0.326 e. The van der Waals surface area contributed by atoms with Crippen molar-refractivity contribution in [1.29, 1.82) is 0 Å². The zero-order valence-corrected chi connectivity index (χ0v) is 12.6. The van der Waals surface area contributed by atoms with Crippen molar-refractivity contribution in [2.24, 2.45) is 0 Å². The van der Waals surface area contributed by atoms with Crippen LogP contribution in [0.3, 0.4) is 0 Å². The summed E-state index contributed by atoms with van der Waals surface area (Å²) < 4.78 is 0. The number of carbonyl (C=O) groups is 2. The van der Waals surface area contributed by atoms with Crippen molar-refractivity contribution < 1.29 is 14.7 Å². The van der Waals surface area contributed by atoms with Gasteiger partial charge in [0.25, 0.3) is 0 Å². The first-order chi connectivity index (χ1) is 9.58. The van der Waals surface area contributed by atoms with Crippen molar-refractivity contribution in [2.45, 2.75) is 45.6 Å². The molecule has 0 aromatic rings. The number of carboxylic acid groups (broad SMARTS) is 1. The van der Waals surface area contributed by atoms with Gasteiger partial charge in [0.2, 0.25) is 0 Å². The van der Waals surface area contributed by atoms with Crippen molar-refractivity contribution >= 4 is 12.0 Å². The second-order valence-corrected chi connectivity index (χ2v) is 5.31. The van der Waals surface area contributed by atoms with Gasteiger partial charge in [-0.25, -0.2) is 9.59 Å². The minimum absolute atomic E-state index is 0.246. The highest BCUT2D eigenvalue weighted by molar-refractivity contribution is 5.82. The standard InChI is InChI=1S/C14H27N3O3/c1-3-5-6-12(13(18)19)15-14(20)17-10-8-16(7-4-2)9-11-17/h12H,3-11H2,1-2H3,(H,15,20)(H,18,19). The summed E-state index contributed by atoms with van der Waals surface area (Å²) in [5.74, 6) is -0.948. The minimum atomic E-state index is -0.948. The Kier molecular flexibility index (Phi) is 7.36. The molecule has 20 heavy (non-hydrogen) atoms. The number of hydrogen-bond acceptors (Lipinski definition) is 3. The van der Waals surface area contributed by atoms with Crippen LogP contribution in [0, 0.1) is 0 Å². The van der Waals surface area contributed by atoms with E-state index < -0.39 is 12.0 Å². The van der Waals surface area contributed by atoms with Gasteiger partial charge in [-0.1, -0.05) is 26.7 Å². The van der Waals surface area contributed by atoms with E-state index in [2.05, 4.69) is 17.1 Å². The highest BCUT2D eigenvalue weighted by Gasteiger charge is 2.25. The van der Waals surface area contributed by atoms with Crippen molar-refractivity contribution in [2.75, 3.05) is 32.7 Å². The maximum absolute atomic E-state index is 12.1. The van der Waals surface area contributed by atoms with E-state index >= 15 is 0 Å². The van der Waals surface area contributed by atoms with Crippen LogP contribution in [-0.4, -0.2) is 65.7 Å². The first-order valence-electron chi connectivity index (χ1n) is 7.59. The summed E-state index contributed by atoms with van der Waals surface area (Å²) in [4.78, 5) is 27.2. The van der Waals surface area contributed by atoms with Gasteiger partial charge in [-0.15, -0.1) is 0 Å². The molecular weight excluding hydrogens is 258 g/mol. The second kappa shape index (κ2) is 8.79. The molecule has 0 bridgehead atoms. The number of hydrogen-bond donors (Lipinski definition) is 2. The molecule has 6 heteroatoms. The minimum Gasteiger partial charge on any atom is -0.480 e. The molecule has 0 aromatic carbocycles. The number of carboxylic acids is 1. The van der Waals surface area contributed by atoms with E-state index in [0.717, 1.165) is 38.9 Å². The maximum Gasteiger partial charge on any atom is 0.326 e. The number of unbranched alkanes of at least 4 members (excludes halogenated alkanes) is 1. The van der Waals surface area contributed by atoms with Crippen LogP contribution in [0.2, 0.25) is 0 Å².